The molecule has 1 heterocycles. The van der Waals surface area contributed by atoms with E-state index in [0.717, 1.165) is 17.8 Å². The summed E-state index contributed by atoms with van der Waals surface area (Å²) in [6.07, 6.45) is 3.07. The van der Waals surface area contributed by atoms with Crippen molar-refractivity contribution in [2.24, 2.45) is 5.92 Å². The first-order valence-electron chi connectivity index (χ1n) is 6.11. The van der Waals surface area contributed by atoms with Crippen LogP contribution in [0.4, 0.5) is 0 Å². The first-order chi connectivity index (χ1) is 9.04. The molecule has 0 saturated carbocycles. The molecule has 5 heteroatoms. The second-order valence-electron chi connectivity index (χ2n) is 4.98. The fraction of sp³-hybridized carbons (Fsp3) is 0.286. The highest BCUT2D eigenvalue weighted by molar-refractivity contribution is 6.34. The van der Waals surface area contributed by atoms with E-state index in [2.05, 4.69) is 12.0 Å². The van der Waals surface area contributed by atoms with E-state index in [1.807, 2.05) is 0 Å². The second kappa shape index (κ2) is 4.66. The second-order valence-corrected chi connectivity index (χ2v) is 5.85. The molecule has 3 nitrogen and oxygen atoms in total. The number of hydrogen-bond donors (Lipinski definition) is 0. The minimum Gasteiger partial charge on any atom is -0.294 e. The largest absolute Gasteiger partial charge is 0.294 e. The molecule has 0 N–H and O–H groups in total. The van der Waals surface area contributed by atoms with E-state index in [-0.39, 0.29) is 5.78 Å². The first kappa shape index (κ1) is 12.7. The minimum atomic E-state index is 0.160. The molecular weight excluding hydrogens is 283 g/mol. The van der Waals surface area contributed by atoms with Crippen molar-refractivity contribution in [1.29, 1.82) is 0 Å². The highest BCUT2D eigenvalue weighted by Crippen LogP contribution is 2.29. The lowest BCUT2D eigenvalue weighted by Crippen LogP contribution is -2.19. The quantitative estimate of drug-likeness (QED) is 0.798. The molecule has 1 aliphatic carbocycles. The van der Waals surface area contributed by atoms with Gasteiger partial charge in [0.05, 0.1) is 23.1 Å². The third-order valence-corrected chi connectivity index (χ3v) is 3.77. The zero-order chi connectivity index (χ0) is 13.6. The van der Waals surface area contributed by atoms with Crippen LogP contribution in [0.3, 0.4) is 0 Å². The van der Waals surface area contributed by atoms with Crippen molar-refractivity contribution in [3.8, 4) is 5.69 Å². The number of fused-ring (bicyclic) bond motifs is 1. The standard InChI is InChI=1S/C14H12Cl2N2O/c1-8-2-13-12(14(19)3-8)7-17-18(13)11-5-9(15)4-10(16)6-11/h4-8H,2-3H2,1H3/t8-/m0/s1. The molecule has 0 saturated heterocycles. The van der Waals surface area contributed by atoms with Gasteiger partial charge in [0.1, 0.15) is 0 Å². The third kappa shape index (κ3) is 2.28. The van der Waals surface area contributed by atoms with E-state index in [1.165, 1.54) is 0 Å². The summed E-state index contributed by atoms with van der Waals surface area (Å²) in [5.74, 6) is 0.498. The molecule has 0 fully saturated rings. The Hall–Kier alpha value is -1.32. The Morgan fingerprint density at radius 2 is 1.89 bits per heavy atom. The average molecular weight is 295 g/mol. The number of rotatable bonds is 1. The Morgan fingerprint density at radius 3 is 2.58 bits per heavy atom. The maximum absolute atomic E-state index is 12.0. The van der Waals surface area contributed by atoms with Gasteiger partial charge in [0, 0.05) is 16.5 Å². The summed E-state index contributed by atoms with van der Waals surface area (Å²) in [4.78, 5) is 12.0. The summed E-state index contributed by atoms with van der Waals surface area (Å²) in [6.45, 7) is 2.07. The minimum absolute atomic E-state index is 0.160. The first-order valence-corrected chi connectivity index (χ1v) is 6.87. The highest BCUT2D eigenvalue weighted by atomic mass is 35.5. The summed E-state index contributed by atoms with van der Waals surface area (Å²) in [5.41, 5.74) is 2.46. The molecule has 1 aliphatic rings. The fourth-order valence-corrected chi connectivity index (χ4v) is 3.03. The number of hydrogen-bond acceptors (Lipinski definition) is 2. The van der Waals surface area contributed by atoms with Crippen LogP contribution in [-0.2, 0) is 6.42 Å². The number of benzene rings is 1. The highest BCUT2D eigenvalue weighted by Gasteiger charge is 2.26. The molecule has 0 spiro atoms. The average Bonchev–Trinajstić information content (AvgIpc) is 2.71. The van der Waals surface area contributed by atoms with E-state index >= 15 is 0 Å². The van der Waals surface area contributed by atoms with Crippen molar-refractivity contribution in [3.63, 3.8) is 0 Å². The Kier molecular flexibility index (Phi) is 3.11. The van der Waals surface area contributed by atoms with Crippen LogP contribution in [0.25, 0.3) is 5.69 Å². The van der Waals surface area contributed by atoms with Crippen LogP contribution >= 0.6 is 23.2 Å². The smallest absolute Gasteiger partial charge is 0.166 e. The molecule has 0 aliphatic heterocycles. The molecule has 0 unspecified atom stereocenters. The molecule has 2 aromatic rings. The Balaban J connectivity index is 2.14. The van der Waals surface area contributed by atoms with Crippen LogP contribution in [0.5, 0.6) is 0 Å². The predicted octanol–water partition coefficient (Wildman–Crippen LogP) is 3.94. The summed E-state index contributed by atoms with van der Waals surface area (Å²) in [7, 11) is 0. The fourth-order valence-electron chi connectivity index (χ4n) is 2.52. The lowest BCUT2D eigenvalue weighted by molar-refractivity contribution is 0.0953. The van der Waals surface area contributed by atoms with Gasteiger partial charge in [-0.3, -0.25) is 4.79 Å². The predicted molar refractivity (Wildman–Crippen MR) is 75.4 cm³/mol. The van der Waals surface area contributed by atoms with E-state index in [4.69, 9.17) is 23.2 Å². The van der Waals surface area contributed by atoms with Gasteiger partial charge in [-0.1, -0.05) is 30.1 Å². The van der Waals surface area contributed by atoms with Gasteiger partial charge in [-0.2, -0.15) is 5.10 Å². The molecule has 3 rings (SSSR count). The van der Waals surface area contributed by atoms with Crippen LogP contribution in [0.1, 0.15) is 29.4 Å². The number of nitrogens with zero attached hydrogens (tertiary/aromatic N) is 2. The van der Waals surface area contributed by atoms with Gasteiger partial charge in [-0.15, -0.1) is 0 Å². The van der Waals surface area contributed by atoms with Gasteiger partial charge in [0.25, 0.3) is 0 Å². The van der Waals surface area contributed by atoms with Crippen molar-refractivity contribution in [2.45, 2.75) is 19.8 Å². The van der Waals surface area contributed by atoms with E-state index < -0.39 is 0 Å². The molecular formula is C14H12Cl2N2O. The molecule has 1 aromatic carbocycles. The SMILES string of the molecule is C[C@@H]1CC(=O)c2cnn(-c3cc(Cl)cc(Cl)c3)c2C1. The van der Waals surface area contributed by atoms with Gasteiger partial charge in [0.2, 0.25) is 0 Å². The van der Waals surface area contributed by atoms with Gasteiger partial charge in [-0.05, 0) is 30.5 Å². The summed E-state index contributed by atoms with van der Waals surface area (Å²) in [6, 6.07) is 5.27. The topological polar surface area (TPSA) is 34.9 Å². The number of carbonyl (C=O) groups excluding carboxylic acids is 1. The van der Waals surface area contributed by atoms with Crippen molar-refractivity contribution in [2.75, 3.05) is 0 Å². The number of halogens is 2. The van der Waals surface area contributed by atoms with Crippen molar-refractivity contribution < 1.29 is 4.79 Å². The molecule has 0 amide bonds. The Morgan fingerprint density at radius 1 is 1.21 bits per heavy atom. The molecule has 0 bridgehead atoms. The molecule has 0 radical (unpaired) electrons. The van der Waals surface area contributed by atoms with E-state index in [1.54, 1.807) is 29.1 Å². The van der Waals surface area contributed by atoms with Crippen LogP contribution < -0.4 is 0 Å². The number of aromatic nitrogens is 2. The van der Waals surface area contributed by atoms with Gasteiger partial charge < -0.3 is 0 Å². The number of carbonyl (C=O) groups is 1. The molecule has 1 atom stereocenters. The van der Waals surface area contributed by atoms with Crippen molar-refractivity contribution in [3.05, 3.63) is 45.7 Å². The van der Waals surface area contributed by atoms with Crippen LogP contribution in [0.2, 0.25) is 10.0 Å². The lowest BCUT2D eigenvalue weighted by Gasteiger charge is -2.19. The molecule has 1 aromatic heterocycles. The monoisotopic (exact) mass is 294 g/mol. The van der Waals surface area contributed by atoms with Crippen LogP contribution in [-0.4, -0.2) is 15.6 Å². The lowest BCUT2D eigenvalue weighted by atomic mass is 9.88. The maximum atomic E-state index is 12.0. The number of Topliss-reactive ketones (excluding diaryl/α,β-unsaturated/α-hetero) is 1. The third-order valence-electron chi connectivity index (χ3n) is 3.34. The van der Waals surface area contributed by atoms with Crippen LogP contribution in [0, 0.1) is 5.92 Å². The zero-order valence-corrected chi connectivity index (χ0v) is 11.9. The normalized spacial score (nSPS) is 18.5. The molecule has 19 heavy (non-hydrogen) atoms. The Labute approximate surface area is 121 Å². The van der Waals surface area contributed by atoms with Gasteiger partial charge >= 0.3 is 0 Å². The molecule has 98 valence electrons. The van der Waals surface area contributed by atoms with Crippen molar-refractivity contribution in [1.82, 2.24) is 9.78 Å². The maximum Gasteiger partial charge on any atom is 0.166 e. The van der Waals surface area contributed by atoms with Crippen LogP contribution in [0.15, 0.2) is 24.4 Å². The Bertz CT molecular complexity index is 643. The summed E-state index contributed by atoms with van der Waals surface area (Å²) in [5, 5.41) is 5.43. The summed E-state index contributed by atoms with van der Waals surface area (Å²) >= 11 is 12.0. The van der Waals surface area contributed by atoms with E-state index in [9.17, 15) is 4.79 Å². The zero-order valence-electron chi connectivity index (χ0n) is 10.4. The number of ketones is 1. The van der Waals surface area contributed by atoms with Crippen molar-refractivity contribution >= 4 is 29.0 Å². The summed E-state index contributed by atoms with van der Waals surface area (Å²) < 4.78 is 1.76. The van der Waals surface area contributed by atoms with Gasteiger partial charge in [0.15, 0.2) is 5.78 Å². The van der Waals surface area contributed by atoms with Gasteiger partial charge in [-0.25, -0.2) is 4.68 Å². The van der Waals surface area contributed by atoms with E-state index in [0.29, 0.717) is 27.9 Å².